The highest BCUT2D eigenvalue weighted by atomic mass is 32.2. The number of thiophene rings is 1. The van der Waals surface area contributed by atoms with E-state index in [1.807, 2.05) is 23.1 Å². The van der Waals surface area contributed by atoms with E-state index in [2.05, 4.69) is 27.0 Å². The number of rotatable bonds is 10. The molecule has 0 saturated carbocycles. The summed E-state index contributed by atoms with van der Waals surface area (Å²) < 4.78 is 0. The molecule has 0 radical (unpaired) electrons. The van der Waals surface area contributed by atoms with E-state index in [4.69, 9.17) is 0 Å². The number of hydrogen-bond acceptors (Lipinski definition) is 7. The first-order valence-corrected chi connectivity index (χ1v) is 10.3. The number of likely N-dealkylation sites (tertiary alicyclic amines) is 1. The molecule has 0 bridgehead atoms. The molecule has 1 saturated heterocycles. The van der Waals surface area contributed by atoms with E-state index in [0.717, 1.165) is 24.3 Å². The molecular formula is C16H26N4O2S2. The van der Waals surface area contributed by atoms with Gasteiger partial charge in [-0.05, 0) is 42.9 Å². The third-order valence-electron chi connectivity index (χ3n) is 3.87. The molecule has 0 amide bonds. The lowest BCUT2D eigenvalue weighted by atomic mass is 10.1. The third kappa shape index (κ3) is 7.11. The molecule has 1 aromatic heterocycles. The summed E-state index contributed by atoms with van der Waals surface area (Å²) in [6.45, 7) is 4.27. The lowest BCUT2D eigenvalue weighted by Gasteiger charge is -2.25. The molecule has 0 aliphatic carbocycles. The van der Waals surface area contributed by atoms with Gasteiger partial charge in [-0.1, -0.05) is 6.42 Å². The maximum Gasteiger partial charge on any atom is 0.274 e. The molecule has 1 aromatic rings. The smallest absolute Gasteiger partial charge is 0.274 e. The summed E-state index contributed by atoms with van der Waals surface area (Å²) in [7, 11) is 1.67. The van der Waals surface area contributed by atoms with Crippen LogP contribution in [0.4, 0.5) is 0 Å². The summed E-state index contributed by atoms with van der Waals surface area (Å²) in [6.07, 6.45) is 5.00. The van der Waals surface area contributed by atoms with Crippen molar-refractivity contribution in [2.75, 3.05) is 32.4 Å². The van der Waals surface area contributed by atoms with Crippen LogP contribution >= 0.6 is 23.1 Å². The number of nitrogens with one attached hydrogen (secondary N) is 2. The first-order chi connectivity index (χ1) is 11.7. The van der Waals surface area contributed by atoms with Crippen LogP contribution in [-0.2, 0) is 12.3 Å². The van der Waals surface area contributed by atoms with E-state index in [1.165, 1.54) is 42.8 Å². The minimum Gasteiger partial charge on any atom is -0.370 e. The zero-order valence-electron chi connectivity index (χ0n) is 14.1. The molecule has 0 unspecified atom stereocenters. The highest BCUT2D eigenvalue weighted by Gasteiger charge is 2.11. The zero-order valence-corrected chi connectivity index (χ0v) is 15.8. The van der Waals surface area contributed by atoms with Gasteiger partial charge in [0.05, 0.1) is 4.92 Å². The van der Waals surface area contributed by atoms with Crippen molar-refractivity contribution in [1.29, 1.82) is 0 Å². The fourth-order valence-corrected chi connectivity index (χ4v) is 4.50. The minimum absolute atomic E-state index is 0.444. The molecule has 1 aliphatic heterocycles. The number of nitrogens with zero attached hydrogens (tertiary/aromatic N) is 2. The SMILES string of the molecule is CN/C(=C\[N+](=O)[O-])NCCSCc1csc(CN2CCCCC2)c1. The van der Waals surface area contributed by atoms with Gasteiger partial charge in [0.2, 0.25) is 0 Å². The van der Waals surface area contributed by atoms with Crippen molar-refractivity contribution in [2.45, 2.75) is 31.6 Å². The maximum atomic E-state index is 10.4. The van der Waals surface area contributed by atoms with Crippen molar-refractivity contribution in [3.63, 3.8) is 0 Å². The van der Waals surface area contributed by atoms with Gasteiger partial charge < -0.3 is 10.6 Å². The summed E-state index contributed by atoms with van der Waals surface area (Å²) in [4.78, 5) is 14.0. The van der Waals surface area contributed by atoms with Crippen LogP contribution in [0.3, 0.4) is 0 Å². The van der Waals surface area contributed by atoms with Gasteiger partial charge in [-0.2, -0.15) is 11.8 Å². The molecule has 2 rings (SSSR count). The van der Waals surface area contributed by atoms with E-state index < -0.39 is 4.92 Å². The predicted octanol–water partition coefficient (Wildman–Crippen LogP) is 2.85. The Hall–Kier alpha value is -1.25. The average Bonchev–Trinajstić information content (AvgIpc) is 3.01. The van der Waals surface area contributed by atoms with Crippen LogP contribution in [0.5, 0.6) is 0 Å². The summed E-state index contributed by atoms with van der Waals surface area (Å²) in [6, 6.07) is 2.32. The van der Waals surface area contributed by atoms with E-state index >= 15 is 0 Å². The Balaban J connectivity index is 1.63. The lowest BCUT2D eigenvalue weighted by molar-refractivity contribution is -0.404. The molecule has 8 heteroatoms. The fourth-order valence-electron chi connectivity index (χ4n) is 2.67. The Morgan fingerprint density at radius 1 is 1.46 bits per heavy atom. The van der Waals surface area contributed by atoms with Gasteiger partial charge in [0.15, 0.2) is 5.82 Å². The van der Waals surface area contributed by atoms with Crippen molar-refractivity contribution in [3.05, 3.63) is 44.0 Å². The molecular weight excluding hydrogens is 344 g/mol. The molecule has 2 heterocycles. The minimum atomic E-state index is -0.457. The average molecular weight is 371 g/mol. The Morgan fingerprint density at radius 3 is 2.96 bits per heavy atom. The summed E-state index contributed by atoms with van der Waals surface area (Å²) >= 11 is 3.70. The van der Waals surface area contributed by atoms with Gasteiger partial charge in [-0.3, -0.25) is 15.0 Å². The van der Waals surface area contributed by atoms with Crippen molar-refractivity contribution >= 4 is 23.1 Å². The van der Waals surface area contributed by atoms with Crippen molar-refractivity contribution in [1.82, 2.24) is 15.5 Å². The molecule has 0 aromatic carbocycles. The predicted molar refractivity (Wildman–Crippen MR) is 102 cm³/mol. The molecule has 2 N–H and O–H groups in total. The second-order valence-corrected chi connectivity index (χ2v) is 7.92. The largest absolute Gasteiger partial charge is 0.370 e. The highest BCUT2D eigenvalue weighted by molar-refractivity contribution is 7.98. The summed E-state index contributed by atoms with van der Waals surface area (Å²) in [5.74, 6) is 2.35. The summed E-state index contributed by atoms with van der Waals surface area (Å²) in [5.41, 5.74) is 1.38. The van der Waals surface area contributed by atoms with Crippen LogP contribution in [-0.4, -0.2) is 42.3 Å². The first kappa shape index (κ1) is 19.1. The van der Waals surface area contributed by atoms with E-state index in [1.54, 1.807) is 7.05 Å². The molecule has 6 nitrogen and oxygen atoms in total. The number of piperidine rings is 1. The van der Waals surface area contributed by atoms with Crippen LogP contribution < -0.4 is 10.6 Å². The number of thioether (sulfide) groups is 1. The molecule has 0 atom stereocenters. The fraction of sp³-hybridized carbons (Fsp3) is 0.625. The Labute approximate surface area is 151 Å². The quantitative estimate of drug-likeness (QED) is 0.375. The van der Waals surface area contributed by atoms with Crippen LogP contribution in [0.1, 0.15) is 29.7 Å². The monoisotopic (exact) mass is 370 g/mol. The third-order valence-corrected chi connectivity index (χ3v) is 5.87. The van der Waals surface area contributed by atoms with Gasteiger partial charge in [0.25, 0.3) is 6.20 Å². The Kier molecular flexibility index (Phi) is 8.41. The number of hydrogen-bond donors (Lipinski definition) is 2. The van der Waals surface area contributed by atoms with Crippen LogP contribution in [0.15, 0.2) is 23.5 Å². The number of nitro groups is 1. The molecule has 24 heavy (non-hydrogen) atoms. The van der Waals surface area contributed by atoms with Crippen molar-refractivity contribution < 1.29 is 4.92 Å². The standard InChI is InChI=1S/C16H26N4O2S2/c1-17-16(11-20(21)22)18-5-8-23-12-14-9-15(24-13-14)10-19-6-3-2-4-7-19/h9,11,13,17-18H,2-8,10,12H2,1H3/b16-11+. The van der Waals surface area contributed by atoms with Crippen LogP contribution in [0.25, 0.3) is 0 Å². The highest BCUT2D eigenvalue weighted by Crippen LogP contribution is 2.22. The van der Waals surface area contributed by atoms with Crippen molar-refractivity contribution in [2.24, 2.45) is 0 Å². The Bertz CT molecular complexity index is 542. The van der Waals surface area contributed by atoms with Gasteiger partial charge >= 0.3 is 0 Å². The normalized spacial score (nSPS) is 16.1. The maximum absolute atomic E-state index is 10.4. The van der Waals surface area contributed by atoms with Crippen LogP contribution in [0.2, 0.25) is 0 Å². The van der Waals surface area contributed by atoms with Gasteiger partial charge in [0.1, 0.15) is 0 Å². The topological polar surface area (TPSA) is 70.4 Å². The van der Waals surface area contributed by atoms with Gasteiger partial charge in [-0.25, -0.2) is 0 Å². The van der Waals surface area contributed by atoms with E-state index in [0.29, 0.717) is 12.4 Å². The second-order valence-electron chi connectivity index (χ2n) is 5.82. The van der Waals surface area contributed by atoms with E-state index in [-0.39, 0.29) is 0 Å². The van der Waals surface area contributed by atoms with Gasteiger partial charge in [0, 0.05) is 36.5 Å². The lowest BCUT2D eigenvalue weighted by Crippen LogP contribution is -2.28. The summed E-state index contributed by atoms with van der Waals surface area (Å²) in [5, 5.41) is 18.5. The second kappa shape index (κ2) is 10.6. The molecule has 1 fully saturated rings. The van der Waals surface area contributed by atoms with E-state index in [9.17, 15) is 10.1 Å². The Morgan fingerprint density at radius 2 is 2.25 bits per heavy atom. The molecule has 0 spiro atoms. The molecule has 1 aliphatic rings. The molecule has 134 valence electrons. The first-order valence-electron chi connectivity index (χ1n) is 8.30. The zero-order chi connectivity index (χ0) is 17.2. The van der Waals surface area contributed by atoms with Crippen LogP contribution in [0, 0.1) is 10.1 Å². The van der Waals surface area contributed by atoms with Crippen molar-refractivity contribution in [3.8, 4) is 0 Å². The van der Waals surface area contributed by atoms with Gasteiger partial charge in [-0.15, -0.1) is 11.3 Å².